The van der Waals surface area contributed by atoms with Gasteiger partial charge in [-0.2, -0.15) is 5.10 Å². The minimum Gasteiger partial charge on any atom is -0.482 e. The predicted octanol–water partition coefficient (Wildman–Crippen LogP) is 5.18. The molecule has 1 aromatic carbocycles. The molecule has 0 spiro atoms. The number of halogens is 1. The Hall–Kier alpha value is -3.74. The summed E-state index contributed by atoms with van der Waals surface area (Å²) in [5.41, 5.74) is 12.6. The molecule has 4 aromatic rings. The van der Waals surface area contributed by atoms with Crippen molar-refractivity contribution in [2.24, 2.45) is 5.92 Å². The number of benzene rings is 1. The lowest BCUT2D eigenvalue weighted by Crippen LogP contribution is -2.11. The topological polar surface area (TPSA) is 78.9 Å². The summed E-state index contributed by atoms with van der Waals surface area (Å²) in [5, 5.41) is 4.74. The molecule has 166 valence electrons. The van der Waals surface area contributed by atoms with Crippen LogP contribution in [0.5, 0.6) is 5.75 Å². The van der Waals surface area contributed by atoms with E-state index in [4.69, 9.17) is 20.6 Å². The summed E-state index contributed by atoms with van der Waals surface area (Å²) in [6.07, 6.45) is 8.15. The molecule has 1 aliphatic heterocycles. The van der Waals surface area contributed by atoms with E-state index in [9.17, 15) is 4.39 Å². The first-order valence-electron chi connectivity index (χ1n) is 11.3. The summed E-state index contributed by atoms with van der Waals surface area (Å²) < 4.78 is 22.6. The van der Waals surface area contributed by atoms with Crippen LogP contribution in [0.3, 0.4) is 0 Å². The number of rotatable bonds is 2. The van der Waals surface area contributed by atoms with Gasteiger partial charge in [-0.1, -0.05) is 6.07 Å². The minimum absolute atomic E-state index is 0.300. The molecule has 4 heterocycles. The molecule has 6 nitrogen and oxygen atoms in total. The number of aromatic nitrogens is 4. The molecule has 3 aromatic heterocycles. The molecule has 7 heteroatoms. The van der Waals surface area contributed by atoms with Gasteiger partial charge in [-0.3, -0.25) is 9.67 Å². The minimum atomic E-state index is -0.458. The average molecular weight is 442 g/mol. The smallest absolute Gasteiger partial charge is 0.166 e. The molecular formula is C26H24FN5O. The van der Waals surface area contributed by atoms with Crippen LogP contribution in [0, 0.1) is 11.7 Å². The highest BCUT2D eigenvalue weighted by molar-refractivity contribution is 5.71. The Kier molecular flexibility index (Phi) is 4.64. The molecule has 1 fully saturated rings. The largest absolute Gasteiger partial charge is 0.482 e. The van der Waals surface area contributed by atoms with Crippen molar-refractivity contribution in [2.75, 3.05) is 5.73 Å². The normalized spacial score (nSPS) is 17.1. The van der Waals surface area contributed by atoms with Crippen molar-refractivity contribution in [2.45, 2.75) is 38.8 Å². The first-order valence-corrected chi connectivity index (χ1v) is 11.3. The Morgan fingerprint density at radius 1 is 1.12 bits per heavy atom. The first-order chi connectivity index (χ1) is 16.1. The van der Waals surface area contributed by atoms with Crippen LogP contribution < -0.4 is 10.5 Å². The number of ether oxygens (including phenoxy) is 1. The highest BCUT2D eigenvalue weighted by Gasteiger charge is 2.26. The van der Waals surface area contributed by atoms with Gasteiger partial charge in [-0.05, 0) is 61.6 Å². The van der Waals surface area contributed by atoms with Crippen LogP contribution in [0.25, 0.3) is 22.5 Å². The fourth-order valence-electron chi connectivity index (χ4n) is 4.62. The molecule has 2 bridgehead atoms. The van der Waals surface area contributed by atoms with Crippen molar-refractivity contribution in [1.29, 1.82) is 0 Å². The molecule has 33 heavy (non-hydrogen) atoms. The van der Waals surface area contributed by atoms with E-state index in [0.29, 0.717) is 29.5 Å². The van der Waals surface area contributed by atoms with Gasteiger partial charge < -0.3 is 10.5 Å². The number of hydrogen-bond acceptors (Lipinski definition) is 5. The summed E-state index contributed by atoms with van der Waals surface area (Å²) in [5.74, 6) is 1.12. The van der Waals surface area contributed by atoms with E-state index in [-0.39, 0.29) is 5.82 Å². The molecule has 1 aliphatic carbocycles. The predicted molar refractivity (Wildman–Crippen MR) is 124 cm³/mol. The lowest BCUT2D eigenvalue weighted by atomic mass is 9.93. The van der Waals surface area contributed by atoms with Gasteiger partial charge >= 0.3 is 0 Å². The first kappa shape index (κ1) is 19.9. The van der Waals surface area contributed by atoms with Gasteiger partial charge in [0.1, 0.15) is 11.9 Å². The van der Waals surface area contributed by atoms with Gasteiger partial charge in [0.05, 0.1) is 17.6 Å². The van der Waals surface area contributed by atoms with Crippen LogP contribution in [0.2, 0.25) is 0 Å². The van der Waals surface area contributed by atoms with E-state index in [1.165, 1.54) is 25.0 Å². The maximum Gasteiger partial charge on any atom is 0.166 e. The lowest BCUT2D eigenvalue weighted by Gasteiger charge is -2.22. The molecule has 1 saturated carbocycles. The van der Waals surface area contributed by atoms with E-state index in [2.05, 4.69) is 15.7 Å². The maximum absolute atomic E-state index is 14.3. The zero-order chi connectivity index (χ0) is 22.5. The van der Waals surface area contributed by atoms with Gasteiger partial charge in [0.15, 0.2) is 11.6 Å². The summed E-state index contributed by atoms with van der Waals surface area (Å²) in [6, 6.07) is 10.7. The van der Waals surface area contributed by atoms with Crippen molar-refractivity contribution < 1.29 is 9.13 Å². The van der Waals surface area contributed by atoms with E-state index >= 15 is 0 Å². The second-order valence-electron chi connectivity index (χ2n) is 8.93. The Morgan fingerprint density at radius 2 is 2.00 bits per heavy atom. The molecule has 1 unspecified atom stereocenters. The highest BCUT2D eigenvalue weighted by atomic mass is 19.1. The lowest BCUT2D eigenvalue weighted by molar-refractivity contribution is 0.227. The Morgan fingerprint density at radius 3 is 2.85 bits per heavy atom. The monoisotopic (exact) mass is 441 g/mol. The van der Waals surface area contributed by atoms with E-state index in [1.807, 2.05) is 25.3 Å². The van der Waals surface area contributed by atoms with Crippen LogP contribution >= 0.6 is 0 Å². The van der Waals surface area contributed by atoms with Crippen LogP contribution in [-0.4, -0.2) is 19.7 Å². The molecular weight excluding hydrogens is 417 g/mol. The van der Waals surface area contributed by atoms with Crippen LogP contribution in [0.4, 0.5) is 10.2 Å². The van der Waals surface area contributed by atoms with E-state index in [0.717, 1.165) is 40.2 Å². The van der Waals surface area contributed by atoms with Gasteiger partial charge in [0.25, 0.3) is 0 Å². The average Bonchev–Trinajstić information content (AvgIpc) is 3.54. The summed E-state index contributed by atoms with van der Waals surface area (Å²) in [7, 11) is 0. The standard InChI is InChI=1S/C26H24FN5O/c1-15-22-11-20(27)6-7-21(22)24-17(3-2-8-29-24)9-18-13-31-32(14-16-4-5-16)25(18)19-10-23(33-15)26(28)30-12-19/h2-3,6-8,10-13,15-16H,4-5,9,14H2,1H3,(H2,28,30). The van der Waals surface area contributed by atoms with E-state index in [1.54, 1.807) is 18.5 Å². The third-order valence-electron chi connectivity index (χ3n) is 6.48. The summed E-state index contributed by atoms with van der Waals surface area (Å²) in [4.78, 5) is 9.12. The fraction of sp³-hybridized carbons (Fsp3) is 0.269. The van der Waals surface area contributed by atoms with Gasteiger partial charge in [0, 0.05) is 47.6 Å². The molecule has 2 N–H and O–H groups in total. The number of anilines is 1. The number of fused-ring (bicyclic) bond motifs is 7. The third kappa shape index (κ3) is 3.63. The van der Waals surface area contributed by atoms with Crippen molar-refractivity contribution in [3.63, 3.8) is 0 Å². The van der Waals surface area contributed by atoms with Crippen molar-refractivity contribution in [3.05, 3.63) is 77.5 Å². The van der Waals surface area contributed by atoms with Crippen LogP contribution in [-0.2, 0) is 13.0 Å². The molecule has 6 rings (SSSR count). The van der Waals surface area contributed by atoms with E-state index < -0.39 is 6.10 Å². The number of pyridine rings is 2. The zero-order valence-electron chi connectivity index (χ0n) is 18.3. The zero-order valence-corrected chi connectivity index (χ0v) is 18.3. The van der Waals surface area contributed by atoms with Crippen molar-refractivity contribution >= 4 is 5.82 Å². The fourth-order valence-corrected chi connectivity index (χ4v) is 4.62. The van der Waals surface area contributed by atoms with Gasteiger partial charge in [-0.15, -0.1) is 0 Å². The van der Waals surface area contributed by atoms with Crippen molar-refractivity contribution in [3.8, 4) is 28.3 Å². The van der Waals surface area contributed by atoms with Crippen molar-refractivity contribution in [1.82, 2.24) is 19.7 Å². The van der Waals surface area contributed by atoms with Gasteiger partial charge in [-0.25, -0.2) is 9.37 Å². The molecule has 1 atom stereocenters. The SMILES string of the molecule is CC1Oc2cc(cnc2N)-c2c(cnn2CC2CC2)Cc2cccnc2-c2ccc(F)cc21. The van der Waals surface area contributed by atoms with Gasteiger partial charge in [0.2, 0.25) is 0 Å². The number of nitrogens with zero attached hydrogens (tertiary/aromatic N) is 4. The Balaban J connectivity index is 1.60. The number of nitrogens with two attached hydrogens (primary N) is 1. The number of hydrogen-bond donors (Lipinski definition) is 1. The molecule has 0 amide bonds. The summed E-state index contributed by atoms with van der Waals surface area (Å²) >= 11 is 0. The summed E-state index contributed by atoms with van der Waals surface area (Å²) in [6.45, 7) is 2.77. The maximum atomic E-state index is 14.3. The quantitative estimate of drug-likeness (QED) is 0.464. The highest BCUT2D eigenvalue weighted by Crippen LogP contribution is 2.39. The van der Waals surface area contributed by atoms with Crippen LogP contribution in [0.1, 0.15) is 42.6 Å². The van der Waals surface area contributed by atoms with Crippen LogP contribution in [0.15, 0.2) is 55.0 Å². The molecule has 0 radical (unpaired) electrons. The second kappa shape index (κ2) is 7.69. The Bertz CT molecular complexity index is 1360. The molecule has 2 aliphatic rings. The third-order valence-corrected chi connectivity index (χ3v) is 6.48. The second-order valence-corrected chi connectivity index (χ2v) is 8.93. The number of nitrogen functional groups attached to an aromatic ring is 1. The molecule has 0 saturated heterocycles. The Labute approximate surface area is 191 Å².